The number of nitrogens with zero attached hydrogens (tertiary/aromatic N) is 4. The Morgan fingerprint density at radius 2 is 1.48 bits per heavy atom. The number of carbonyl (C=O) groups is 2. The summed E-state index contributed by atoms with van der Waals surface area (Å²) in [5.74, 6) is -1.08. The number of hydrogen-bond acceptors (Lipinski definition) is 6. The van der Waals surface area contributed by atoms with E-state index in [-0.39, 0.29) is 29.1 Å². The van der Waals surface area contributed by atoms with Crippen molar-refractivity contribution < 1.29 is 19.4 Å². The average molecular weight is 452 g/mol. The van der Waals surface area contributed by atoms with Gasteiger partial charge in [0, 0.05) is 54.6 Å². The number of rotatable bonds is 5. The molecule has 0 bridgehead atoms. The summed E-state index contributed by atoms with van der Waals surface area (Å²) >= 11 is 0. The smallest absolute Gasteiger partial charge is 0.269 e. The summed E-state index contributed by atoms with van der Waals surface area (Å²) in [5.41, 5.74) is -0.452. The van der Waals surface area contributed by atoms with Gasteiger partial charge in [-0.05, 0) is 37.1 Å². The van der Waals surface area contributed by atoms with Crippen LogP contribution in [0, 0.1) is 42.9 Å². The second-order valence-corrected chi connectivity index (χ2v) is 9.28. The molecule has 4 unspecified atom stereocenters. The highest BCUT2D eigenvalue weighted by Gasteiger charge is 2.74. The molecule has 1 saturated carbocycles. The first-order chi connectivity index (χ1) is 15.4. The van der Waals surface area contributed by atoms with Crippen LogP contribution in [0.1, 0.15) is 20.8 Å². The number of carbonyl (C=O) groups excluding carboxylic acids is 2. The zero-order chi connectivity index (χ0) is 24.3. The third-order valence-corrected chi connectivity index (χ3v) is 7.75. The quantitative estimate of drug-likeness (QED) is 0.502. The maximum Gasteiger partial charge on any atom is 0.269 e. The van der Waals surface area contributed by atoms with Crippen LogP contribution in [0.2, 0.25) is 0 Å². The van der Waals surface area contributed by atoms with Crippen molar-refractivity contribution >= 4 is 34.6 Å². The molecule has 172 valence electrons. The Morgan fingerprint density at radius 3 is 1.97 bits per heavy atom. The fourth-order valence-corrected chi connectivity index (χ4v) is 5.67. The van der Waals surface area contributed by atoms with E-state index in [4.69, 9.17) is 0 Å². The van der Waals surface area contributed by atoms with Gasteiger partial charge in [-0.25, -0.2) is 0 Å². The SMILES string of the molecule is CC1C2(C)CN(c3ccc([N+](=O)[O-])cc3)C(=O)C2C1(C)C(=O)N(C)c1ccc([N+](=O)[O-])cc1. The van der Waals surface area contributed by atoms with E-state index < -0.39 is 26.6 Å². The van der Waals surface area contributed by atoms with Gasteiger partial charge in [-0.1, -0.05) is 13.8 Å². The largest absolute Gasteiger partial charge is 0.315 e. The lowest BCUT2D eigenvalue weighted by Crippen LogP contribution is -2.67. The van der Waals surface area contributed by atoms with Gasteiger partial charge in [-0.2, -0.15) is 0 Å². The molecule has 4 atom stereocenters. The fraction of sp³-hybridized carbons (Fsp3) is 0.391. The molecule has 0 radical (unpaired) electrons. The highest BCUT2D eigenvalue weighted by atomic mass is 16.6. The van der Waals surface area contributed by atoms with Gasteiger partial charge >= 0.3 is 0 Å². The Bertz CT molecular complexity index is 1160. The van der Waals surface area contributed by atoms with E-state index in [1.807, 2.05) is 13.8 Å². The Balaban J connectivity index is 1.61. The molecule has 33 heavy (non-hydrogen) atoms. The molecule has 0 aromatic heterocycles. The number of amides is 2. The first-order valence-corrected chi connectivity index (χ1v) is 10.5. The van der Waals surface area contributed by atoms with Crippen LogP contribution in [0.15, 0.2) is 48.5 Å². The van der Waals surface area contributed by atoms with Gasteiger partial charge in [0.25, 0.3) is 11.4 Å². The Morgan fingerprint density at radius 1 is 1.00 bits per heavy atom. The van der Waals surface area contributed by atoms with E-state index in [0.717, 1.165) is 0 Å². The maximum atomic E-state index is 13.6. The zero-order valence-corrected chi connectivity index (χ0v) is 18.7. The molecule has 2 fully saturated rings. The number of nitro groups is 2. The molecular weight excluding hydrogens is 428 g/mol. The van der Waals surface area contributed by atoms with Crippen molar-refractivity contribution in [2.24, 2.45) is 22.7 Å². The van der Waals surface area contributed by atoms with Gasteiger partial charge in [-0.15, -0.1) is 0 Å². The lowest BCUT2D eigenvalue weighted by molar-refractivity contribution is -0.385. The molecule has 2 aromatic rings. The van der Waals surface area contributed by atoms with Gasteiger partial charge in [0.1, 0.15) is 0 Å². The predicted molar refractivity (Wildman–Crippen MR) is 121 cm³/mol. The molecule has 0 N–H and O–H groups in total. The Labute approximate surface area is 190 Å². The lowest BCUT2D eigenvalue weighted by Gasteiger charge is -2.60. The summed E-state index contributed by atoms with van der Waals surface area (Å²) in [7, 11) is 1.60. The van der Waals surface area contributed by atoms with Crippen molar-refractivity contribution in [3.63, 3.8) is 0 Å². The third-order valence-electron chi connectivity index (χ3n) is 7.75. The summed E-state index contributed by atoms with van der Waals surface area (Å²) in [6.45, 7) is 6.17. The number of fused-ring (bicyclic) bond motifs is 1. The Hall–Kier alpha value is -3.82. The van der Waals surface area contributed by atoms with Crippen LogP contribution in [0.25, 0.3) is 0 Å². The molecule has 1 aliphatic carbocycles. The molecule has 2 amide bonds. The number of nitro benzene ring substituents is 2. The van der Waals surface area contributed by atoms with Gasteiger partial charge in [0.2, 0.25) is 11.8 Å². The molecular formula is C23H24N4O6. The first-order valence-electron chi connectivity index (χ1n) is 10.5. The van der Waals surface area contributed by atoms with Crippen LogP contribution in [0.5, 0.6) is 0 Å². The van der Waals surface area contributed by atoms with Crippen LogP contribution in [-0.4, -0.2) is 35.3 Å². The van der Waals surface area contributed by atoms with Gasteiger partial charge in [0.05, 0.1) is 21.2 Å². The molecule has 2 aromatic carbocycles. The van der Waals surface area contributed by atoms with Gasteiger partial charge in [-0.3, -0.25) is 29.8 Å². The van der Waals surface area contributed by atoms with E-state index in [1.165, 1.54) is 41.3 Å². The second kappa shape index (κ2) is 7.36. The van der Waals surface area contributed by atoms with Crippen molar-refractivity contribution in [1.29, 1.82) is 0 Å². The van der Waals surface area contributed by atoms with Crippen molar-refractivity contribution in [3.05, 3.63) is 68.8 Å². The molecule has 1 heterocycles. The predicted octanol–water partition coefficient (Wildman–Crippen LogP) is 3.79. The second-order valence-electron chi connectivity index (χ2n) is 9.28. The normalized spacial score (nSPS) is 28.1. The van der Waals surface area contributed by atoms with Crippen molar-refractivity contribution in [2.45, 2.75) is 20.8 Å². The minimum Gasteiger partial charge on any atom is -0.315 e. The van der Waals surface area contributed by atoms with E-state index in [1.54, 1.807) is 31.0 Å². The van der Waals surface area contributed by atoms with E-state index in [0.29, 0.717) is 17.9 Å². The summed E-state index contributed by atoms with van der Waals surface area (Å²) in [5, 5.41) is 21.9. The minimum absolute atomic E-state index is 0.0577. The zero-order valence-electron chi connectivity index (χ0n) is 18.7. The van der Waals surface area contributed by atoms with Crippen molar-refractivity contribution in [3.8, 4) is 0 Å². The highest BCUT2D eigenvalue weighted by Crippen LogP contribution is 2.68. The maximum absolute atomic E-state index is 13.6. The molecule has 2 aliphatic rings. The van der Waals surface area contributed by atoms with Crippen LogP contribution in [-0.2, 0) is 9.59 Å². The Kier molecular flexibility index (Phi) is 4.99. The molecule has 4 rings (SSSR count). The van der Waals surface area contributed by atoms with E-state index in [9.17, 15) is 29.8 Å². The van der Waals surface area contributed by atoms with E-state index in [2.05, 4.69) is 0 Å². The van der Waals surface area contributed by atoms with Crippen LogP contribution in [0.3, 0.4) is 0 Å². The molecule has 10 heteroatoms. The third kappa shape index (κ3) is 3.08. The summed E-state index contributed by atoms with van der Waals surface area (Å²) in [6, 6.07) is 11.5. The minimum atomic E-state index is -0.960. The van der Waals surface area contributed by atoms with Gasteiger partial charge < -0.3 is 9.80 Å². The number of non-ortho nitro benzene ring substituents is 2. The molecule has 1 saturated heterocycles. The average Bonchev–Trinajstić information content (AvgIpc) is 3.06. The van der Waals surface area contributed by atoms with Crippen molar-refractivity contribution in [1.82, 2.24) is 0 Å². The molecule has 1 aliphatic heterocycles. The fourth-order valence-electron chi connectivity index (χ4n) is 5.67. The van der Waals surface area contributed by atoms with Gasteiger partial charge in [0.15, 0.2) is 0 Å². The number of anilines is 2. The summed E-state index contributed by atoms with van der Waals surface area (Å²) < 4.78 is 0. The highest BCUT2D eigenvalue weighted by molar-refractivity contribution is 6.07. The summed E-state index contributed by atoms with van der Waals surface area (Å²) in [4.78, 5) is 51.0. The molecule has 0 spiro atoms. The van der Waals surface area contributed by atoms with Crippen LogP contribution in [0.4, 0.5) is 22.7 Å². The molecule has 10 nitrogen and oxygen atoms in total. The number of hydrogen-bond donors (Lipinski definition) is 0. The topological polar surface area (TPSA) is 127 Å². The van der Waals surface area contributed by atoms with E-state index >= 15 is 0 Å². The monoisotopic (exact) mass is 452 g/mol. The standard InChI is InChI=1S/C23H24N4O6/c1-14-22(2)13-25(16-7-11-18(12-8-16)27(32)33)20(28)19(22)23(14,3)21(29)24(4)15-5-9-17(10-6-15)26(30)31/h5-12,14,19H,13H2,1-4H3. The van der Waals surface area contributed by atoms with Crippen LogP contribution < -0.4 is 9.80 Å². The first kappa shape index (κ1) is 22.4. The summed E-state index contributed by atoms with van der Waals surface area (Å²) in [6.07, 6.45) is 0. The number of benzene rings is 2. The van der Waals surface area contributed by atoms with Crippen LogP contribution >= 0.6 is 0 Å². The van der Waals surface area contributed by atoms with Crippen molar-refractivity contribution in [2.75, 3.05) is 23.4 Å². The lowest BCUT2D eigenvalue weighted by atomic mass is 9.41.